The van der Waals surface area contributed by atoms with Crippen LogP contribution in [0.2, 0.25) is 0 Å². The molecule has 0 radical (unpaired) electrons. The molecule has 2 aromatic carbocycles. The summed E-state index contributed by atoms with van der Waals surface area (Å²) in [4.78, 5) is 26.0. The molecule has 0 N–H and O–H groups in total. The highest BCUT2D eigenvalue weighted by Gasteiger charge is 2.48. The predicted octanol–water partition coefficient (Wildman–Crippen LogP) is 3.26. The van der Waals surface area contributed by atoms with E-state index in [-0.39, 0.29) is 23.2 Å². The number of carbonyl (C=O) groups is 2. The number of benzene rings is 2. The minimum atomic E-state index is -0.484. The van der Waals surface area contributed by atoms with Gasteiger partial charge in [0.15, 0.2) is 11.5 Å². The Kier molecular flexibility index (Phi) is 2.56. The van der Waals surface area contributed by atoms with Gasteiger partial charge in [-0.25, -0.2) is 0 Å². The highest BCUT2D eigenvalue weighted by atomic mass is 16.7. The fraction of sp³-hybridized carbons (Fsp3) is 0.263. The third-order valence-corrected chi connectivity index (χ3v) is 4.97. The second-order valence-corrected chi connectivity index (χ2v) is 6.22. The number of fused-ring (bicyclic) bond motifs is 5. The zero-order valence-electron chi connectivity index (χ0n) is 12.4. The van der Waals surface area contributed by atoms with E-state index in [1.54, 1.807) is 6.07 Å². The first kappa shape index (κ1) is 13.0. The molecule has 114 valence electrons. The van der Waals surface area contributed by atoms with E-state index < -0.39 is 6.29 Å². The maximum Gasteiger partial charge on any atom is 0.228 e. The molecular weight excluding hydrogens is 292 g/mol. The van der Waals surface area contributed by atoms with Crippen LogP contribution in [0.25, 0.3) is 10.8 Å². The van der Waals surface area contributed by atoms with Crippen molar-refractivity contribution in [2.24, 2.45) is 5.92 Å². The molecule has 1 fully saturated rings. The van der Waals surface area contributed by atoms with Crippen LogP contribution in [0.4, 0.5) is 0 Å². The molecule has 1 saturated heterocycles. The average molecular weight is 306 g/mol. The van der Waals surface area contributed by atoms with E-state index in [2.05, 4.69) is 0 Å². The first-order chi connectivity index (χ1) is 11.3. The van der Waals surface area contributed by atoms with Gasteiger partial charge in [0.1, 0.15) is 0 Å². The molecule has 23 heavy (non-hydrogen) atoms. The van der Waals surface area contributed by atoms with Crippen LogP contribution in [-0.4, -0.2) is 24.5 Å². The standard InChI is InChI=1S/C19H14O4/c20-16-12-8-7-10-4-1-2-5-11(10)14(12)17(21)15-13-6-3-9-22-19(13)23-18(15)16/h1-2,4-5,7-8,13,19H,3,6,9H2/t13-,19+/m1/s1. The third-order valence-electron chi connectivity index (χ3n) is 4.97. The van der Waals surface area contributed by atoms with Crippen LogP contribution in [0.15, 0.2) is 47.7 Å². The van der Waals surface area contributed by atoms with Crippen molar-refractivity contribution in [3.8, 4) is 0 Å². The summed E-state index contributed by atoms with van der Waals surface area (Å²) in [7, 11) is 0. The van der Waals surface area contributed by atoms with Gasteiger partial charge in [-0.05, 0) is 29.7 Å². The van der Waals surface area contributed by atoms with Crippen LogP contribution < -0.4 is 0 Å². The van der Waals surface area contributed by atoms with Gasteiger partial charge < -0.3 is 9.47 Å². The molecule has 2 aromatic rings. The Bertz CT molecular complexity index is 909. The first-order valence-electron chi connectivity index (χ1n) is 7.89. The number of rotatable bonds is 0. The lowest BCUT2D eigenvalue weighted by Gasteiger charge is -2.25. The summed E-state index contributed by atoms with van der Waals surface area (Å²) in [5, 5.41) is 1.79. The van der Waals surface area contributed by atoms with Gasteiger partial charge in [-0.2, -0.15) is 0 Å². The zero-order valence-corrected chi connectivity index (χ0v) is 12.4. The molecule has 0 unspecified atom stereocenters. The normalized spacial score (nSPS) is 25.9. The van der Waals surface area contributed by atoms with Crippen LogP contribution in [-0.2, 0) is 9.47 Å². The molecule has 2 heterocycles. The van der Waals surface area contributed by atoms with Crippen molar-refractivity contribution in [3.63, 3.8) is 0 Å². The Morgan fingerprint density at radius 3 is 2.78 bits per heavy atom. The monoisotopic (exact) mass is 306 g/mol. The molecule has 3 aliphatic rings. The van der Waals surface area contributed by atoms with Gasteiger partial charge in [-0.1, -0.05) is 30.3 Å². The van der Waals surface area contributed by atoms with Crippen molar-refractivity contribution < 1.29 is 19.1 Å². The van der Waals surface area contributed by atoms with Gasteiger partial charge in [0.2, 0.25) is 12.1 Å². The molecule has 0 saturated carbocycles. The number of hydrogen-bond acceptors (Lipinski definition) is 4. The van der Waals surface area contributed by atoms with Crippen molar-refractivity contribution in [2.75, 3.05) is 6.61 Å². The van der Waals surface area contributed by atoms with Gasteiger partial charge >= 0.3 is 0 Å². The lowest BCUT2D eigenvalue weighted by atomic mass is 9.79. The smallest absolute Gasteiger partial charge is 0.228 e. The zero-order chi connectivity index (χ0) is 15.6. The quantitative estimate of drug-likeness (QED) is 0.749. The van der Waals surface area contributed by atoms with Crippen LogP contribution in [0, 0.1) is 5.92 Å². The predicted molar refractivity (Wildman–Crippen MR) is 83.2 cm³/mol. The van der Waals surface area contributed by atoms with Crippen LogP contribution in [0.1, 0.15) is 33.6 Å². The summed E-state index contributed by atoms with van der Waals surface area (Å²) in [6.07, 6.45) is 1.22. The van der Waals surface area contributed by atoms with Crippen LogP contribution >= 0.6 is 0 Å². The van der Waals surface area contributed by atoms with Crippen molar-refractivity contribution >= 4 is 22.3 Å². The summed E-state index contributed by atoms with van der Waals surface area (Å²) in [5.41, 5.74) is 1.47. The second kappa shape index (κ2) is 4.52. The number of ether oxygens (including phenoxy) is 2. The number of allylic oxidation sites excluding steroid dienone is 1. The molecule has 2 aliphatic heterocycles. The summed E-state index contributed by atoms with van der Waals surface area (Å²) >= 11 is 0. The summed E-state index contributed by atoms with van der Waals surface area (Å²) in [6, 6.07) is 11.3. The maximum atomic E-state index is 13.2. The summed E-state index contributed by atoms with van der Waals surface area (Å²) in [5.74, 6) is -0.195. The van der Waals surface area contributed by atoms with Gasteiger partial charge in [-0.15, -0.1) is 0 Å². The molecule has 2 atom stereocenters. The van der Waals surface area contributed by atoms with Crippen molar-refractivity contribution in [2.45, 2.75) is 19.1 Å². The largest absolute Gasteiger partial charge is 0.460 e. The third kappa shape index (κ3) is 1.64. The molecular formula is C19H14O4. The van der Waals surface area contributed by atoms with E-state index in [4.69, 9.17) is 9.47 Å². The van der Waals surface area contributed by atoms with E-state index in [1.807, 2.05) is 30.3 Å². The van der Waals surface area contributed by atoms with Crippen molar-refractivity contribution in [1.29, 1.82) is 0 Å². The molecule has 0 bridgehead atoms. The van der Waals surface area contributed by atoms with Gasteiger partial charge in [0.05, 0.1) is 18.1 Å². The topological polar surface area (TPSA) is 52.6 Å². The van der Waals surface area contributed by atoms with E-state index in [1.165, 1.54) is 0 Å². The molecule has 5 rings (SSSR count). The second-order valence-electron chi connectivity index (χ2n) is 6.22. The Morgan fingerprint density at radius 1 is 1.00 bits per heavy atom. The fourth-order valence-corrected chi connectivity index (χ4v) is 3.91. The van der Waals surface area contributed by atoms with Gasteiger partial charge in [0, 0.05) is 11.1 Å². The first-order valence-corrected chi connectivity index (χ1v) is 7.89. The molecule has 0 amide bonds. The minimum absolute atomic E-state index is 0.0793. The number of hydrogen-bond donors (Lipinski definition) is 0. The van der Waals surface area contributed by atoms with Gasteiger partial charge in [-0.3, -0.25) is 9.59 Å². The van der Waals surface area contributed by atoms with Crippen molar-refractivity contribution in [3.05, 3.63) is 58.9 Å². The van der Waals surface area contributed by atoms with Gasteiger partial charge in [0.25, 0.3) is 0 Å². The summed E-state index contributed by atoms with van der Waals surface area (Å²) < 4.78 is 11.3. The van der Waals surface area contributed by atoms with E-state index in [0.29, 0.717) is 23.3 Å². The Labute approximate surface area is 132 Å². The number of Topliss-reactive ketones (excluding diaryl/α,β-unsaturated/α-hetero) is 2. The summed E-state index contributed by atoms with van der Waals surface area (Å²) in [6.45, 7) is 0.611. The SMILES string of the molecule is O=C1C2=C(C(=O)c3c1ccc1ccccc31)[C@H]1CCCO[C@H]1O2. The Balaban J connectivity index is 1.75. The molecule has 0 aromatic heterocycles. The fourth-order valence-electron chi connectivity index (χ4n) is 3.91. The van der Waals surface area contributed by atoms with Crippen LogP contribution in [0.3, 0.4) is 0 Å². The Hall–Kier alpha value is -2.46. The highest BCUT2D eigenvalue weighted by Crippen LogP contribution is 2.44. The van der Waals surface area contributed by atoms with Crippen LogP contribution in [0.5, 0.6) is 0 Å². The van der Waals surface area contributed by atoms with E-state index in [9.17, 15) is 9.59 Å². The Morgan fingerprint density at radius 2 is 1.87 bits per heavy atom. The lowest BCUT2D eigenvalue weighted by molar-refractivity contribution is -0.142. The van der Waals surface area contributed by atoms with Crippen molar-refractivity contribution in [1.82, 2.24) is 0 Å². The minimum Gasteiger partial charge on any atom is -0.460 e. The van der Waals surface area contributed by atoms with E-state index in [0.717, 1.165) is 23.6 Å². The molecule has 0 spiro atoms. The number of carbonyl (C=O) groups excluding carboxylic acids is 2. The maximum absolute atomic E-state index is 13.2. The van der Waals surface area contributed by atoms with E-state index >= 15 is 0 Å². The molecule has 4 nitrogen and oxygen atoms in total. The molecule has 1 aliphatic carbocycles. The lowest BCUT2D eigenvalue weighted by Crippen LogP contribution is -2.29. The average Bonchev–Trinajstić information content (AvgIpc) is 2.99. The molecule has 4 heteroatoms. The number of ketones is 2. The highest BCUT2D eigenvalue weighted by molar-refractivity contribution is 6.30.